The van der Waals surface area contributed by atoms with Crippen LogP contribution in [0.5, 0.6) is 5.75 Å². The summed E-state index contributed by atoms with van der Waals surface area (Å²) in [5, 5.41) is 9.08. The molecule has 6 heteroatoms. The highest BCUT2D eigenvalue weighted by Gasteiger charge is 2.81. The van der Waals surface area contributed by atoms with Crippen molar-refractivity contribution in [2.24, 2.45) is 5.73 Å². The number of ether oxygens (including phenoxy) is 2. The van der Waals surface area contributed by atoms with Gasteiger partial charge in [0.25, 0.3) is 0 Å². The van der Waals surface area contributed by atoms with Crippen molar-refractivity contribution >= 4 is 5.91 Å². The highest BCUT2D eigenvalue weighted by molar-refractivity contribution is 5.95. The lowest BCUT2D eigenvalue weighted by molar-refractivity contribution is -0.122. The van der Waals surface area contributed by atoms with Gasteiger partial charge in [-0.2, -0.15) is 0 Å². The van der Waals surface area contributed by atoms with E-state index in [1.807, 2.05) is 37.3 Å². The van der Waals surface area contributed by atoms with Gasteiger partial charge >= 0.3 is 0 Å². The molecule has 2 aromatic rings. The first-order valence-corrected chi connectivity index (χ1v) is 8.62. The van der Waals surface area contributed by atoms with E-state index in [9.17, 15) is 4.79 Å². The number of aliphatic hydroxyl groups is 1. The molecule has 0 radical (unpaired) electrons. The fourth-order valence-corrected chi connectivity index (χ4v) is 4.07. The molecular weight excluding hydrogens is 332 g/mol. The normalized spacial score (nSPS) is 27.1. The fraction of sp³-hybridized carbons (Fsp3) is 0.400. The maximum atomic E-state index is 12.7. The molecule has 0 spiro atoms. The minimum atomic E-state index is -1.10. The molecule has 1 saturated carbocycles. The number of carbonyl (C=O) groups excluding carboxylic acids is 1. The van der Waals surface area contributed by atoms with Crippen LogP contribution < -0.4 is 10.5 Å². The molecule has 1 amide bonds. The average Bonchev–Trinajstić information content (AvgIpc) is 3.23. The summed E-state index contributed by atoms with van der Waals surface area (Å²) in [4.78, 5) is 17.1. The third kappa shape index (κ3) is 2.48. The van der Waals surface area contributed by atoms with Crippen molar-refractivity contribution in [2.45, 2.75) is 30.3 Å². The molecule has 3 atom stereocenters. The van der Waals surface area contributed by atoms with Gasteiger partial charge in [-0.25, -0.2) is 0 Å². The van der Waals surface area contributed by atoms with Gasteiger partial charge in [-0.15, -0.1) is 0 Å². The van der Waals surface area contributed by atoms with Crippen LogP contribution >= 0.6 is 0 Å². The van der Waals surface area contributed by atoms with Crippen LogP contribution in [-0.4, -0.2) is 42.4 Å². The van der Waals surface area contributed by atoms with Gasteiger partial charge in [-0.05, 0) is 24.6 Å². The Bertz CT molecular complexity index is 782. The minimum Gasteiger partial charge on any atom is -0.496 e. The fourth-order valence-electron chi connectivity index (χ4n) is 4.07. The number of primary amides is 1. The number of nitrogens with two attached hydrogens (primary N) is 1. The molecule has 138 valence electrons. The molecule has 3 N–H and O–H groups in total. The Morgan fingerprint density at radius 3 is 2.62 bits per heavy atom. The van der Waals surface area contributed by atoms with Crippen molar-refractivity contribution in [3.05, 3.63) is 59.9 Å². The standard InChI is InChI=1S/C20H24N2O4/c1-19(14-8-3-4-9-15(14)25-2)17(26-13-7-12-23)20(19,18(21)24)16-10-5-6-11-22-16/h3-6,8-11,17,23H,7,12-13H2,1-2H3,(H2,21,24). The molecule has 3 rings (SSSR count). The highest BCUT2D eigenvalue weighted by Crippen LogP contribution is 2.67. The van der Waals surface area contributed by atoms with Gasteiger partial charge in [0.1, 0.15) is 11.2 Å². The molecule has 1 aromatic heterocycles. The predicted octanol–water partition coefficient (Wildman–Crippen LogP) is 1.55. The van der Waals surface area contributed by atoms with E-state index in [-0.39, 0.29) is 6.61 Å². The van der Waals surface area contributed by atoms with E-state index < -0.39 is 22.8 Å². The Kier molecular flexibility index (Phi) is 4.98. The maximum absolute atomic E-state index is 12.7. The lowest BCUT2D eigenvalue weighted by Gasteiger charge is -2.20. The van der Waals surface area contributed by atoms with Crippen molar-refractivity contribution < 1.29 is 19.4 Å². The van der Waals surface area contributed by atoms with Crippen molar-refractivity contribution in [3.8, 4) is 5.75 Å². The molecule has 6 nitrogen and oxygen atoms in total. The quantitative estimate of drug-likeness (QED) is 0.700. The zero-order valence-corrected chi connectivity index (χ0v) is 15.0. The number of carbonyl (C=O) groups is 1. The molecule has 0 bridgehead atoms. The van der Waals surface area contributed by atoms with Crippen LogP contribution in [0.1, 0.15) is 24.6 Å². The molecule has 3 unspecified atom stereocenters. The molecule has 1 aliphatic carbocycles. The minimum absolute atomic E-state index is 0.0191. The van der Waals surface area contributed by atoms with Crippen LogP contribution in [0.4, 0.5) is 0 Å². The second-order valence-electron chi connectivity index (χ2n) is 6.62. The average molecular weight is 356 g/mol. The summed E-state index contributed by atoms with van der Waals surface area (Å²) >= 11 is 0. The van der Waals surface area contributed by atoms with Crippen molar-refractivity contribution in [1.82, 2.24) is 4.98 Å². The van der Waals surface area contributed by atoms with Crippen LogP contribution in [-0.2, 0) is 20.4 Å². The Hall–Kier alpha value is -2.44. The largest absolute Gasteiger partial charge is 0.496 e. The zero-order valence-electron chi connectivity index (χ0n) is 15.0. The van der Waals surface area contributed by atoms with Gasteiger partial charge in [0.15, 0.2) is 0 Å². The number of aliphatic hydroxyl groups excluding tert-OH is 1. The lowest BCUT2D eigenvalue weighted by atomic mass is 9.84. The number of amides is 1. The lowest BCUT2D eigenvalue weighted by Crippen LogP contribution is -2.37. The summed E-state index contributed by atoms with van der Waals surface area (Å²) < 4.78 is 11.6. The number of rotatable bonds is 8. The Morgan fingerprint density at radius 1 is 1.27 bits per heavy atom. The van der Waals surface area contributed by atoms with E-state index in [4.69, 9.17) is 20.3 Å². The van der Waals surface area contributed by atoms with E-state index in [0.29, 0.717) is 24.5 Å². The molecule has 0 saturated heterocycles. The number of methoxy groups -OCH3 is 1. The van der Waals surface area contributed by atoms with Gasteiger partial charge < -0.3 is 20.3 Å². The molecule has 0 aliphatic heterocycles. The number of para-hydroxylation sites is 1. The molecule has 1 heterocycles. The van der Waals surface area contributed by atoms with E-state index in [1.165, 1.54) is 0 Å². The van der Waals surface area contributed by atoms with Gasteiger partial charge in [-0.1, -0.05) is 31.2 Å². The summed E-state index contributed by atoms with van der Waals surface area (Å²) in [5.74, 6) is 0.184. The monoisotopic (exact) mass is 356 g/mol. The van der Waals surface area contributed by atoms with E-state index in [0.717, 1.165) is 5.56 Å². The Labute approximate surface area is 153 Å². The zero-order chi connectivity index (χ0) is 18.8. The number of pyridine rings is 1. The summed E-state index contributed by atoms with van der Waals surface area (Å²) in [6.45, 7) is 2.30. The number of hydrogen-bond acceptors (Lipinski definition) is 5. The summed E-state index contributed by atoms with van der Waals surface area (Å²) in [7, 11) is 1.60. The smallest absolute Gasteiger partial charge is 0.233 e. The van der Waals surface area contributed by atoms with Crippen molar-refractivity contribution in [1.29, 1.82) is 0 Å². The van der Waals surface area contributed by atoms with E-state index >= 15 is 0 Å². The number of aromatic nitrogens is 1. The van der Waals surface area contributed by atoms with Crippen LogP contribution in [0.15, 0.2) is 48.7 Å². The van der Waals surface area contributed by atoms with Crippen molar-refractivity contribution in [2.75, 3.05) is 20.3 Å². The topological polar surface area (TPSA) is 94.7 Å². The summed E-state index contributed by atoms with van der Waals surface area (Å²) in [5.41, 5.74) is 5.52. The van der Waals surface area contributed by atoms with Gasteiger partial charge in [0.05, 0.1) is 18.9 Å². The number of nitrogens with zero attached hydrogens (tertiary/aromatic N) is 1. The first-order chi connectivity index (χ1) is 12.5. The molecular formula is C20H24N2O4. The molecule has 26 heavy (non-hydrogen) atoms. The first kappa shape index (κ1) is 18.4. The first-order valence-electron chi connectivity index (χ1n) is 8.62. The molecule has 1 aliphatic rings. The molecule has 1 fully saturated rings. The second-order valence-corrected chi connectivity index (χ2v) is 6.62. The van der Waals surface area contributed by atoms with Crippen LogP contribution in [0.25, 0.3) is 0 Å². The third-order valence-corrected chi connectivity index (χ3v) is 5.36. The van der Waals surface area contributed by atoms with Gasteiger partial charge in [0, 0.05) is 30.4 Å². The van der Waals surface area contributed by atoms with Crippen LogP contribution in [0.3, 0.4) is 0 Å². The van der Waals surface area contributed by atoms with E-state index in [1.54, 1.807) is 25.4 Å². The number of hydrogen-bond donors (Lipinski definition) is 2. The van der Waals surface area contributed by atoms with Crippen LogP contribution in [0.2, 0.25) is 0 Å². The SMILES string of the molecule is COc1ccccc1C1(C)C(OCCCO)C1(C(N)=O)c1ccccn1. The van der Waals surface area contributed by atoms with Gasteiger partial charge in [0.2, 0.25) is 5.91 Å². The third-order valence-electron chi connectivity index (χ3n) is 5.36. The Morgan fingerprint density at radius 2 is 2.00 bits per heavy atom. The van der Waals surface area contributed by atoms with Crippen LogP contribution in [0, 0.1) is 0 Å². The van der Waals surface area contributed by atoms with Crippen molar-refractivity contribution in [3.63, 3.8) is 0 Å². The summed E-state index contributed by atoms with van der Waals surface area (Å²) in [6.07, 6.45) is 1.63. The molecule has 1 aromatic carbocycles. The summed E-state index contributed by atoms with van der Waals surface area (Å²) in [6, 6.07) is 13.0. The Balaban J connectivity index is 2.15. The highest BCUT2D eigenvalue weighted by atomic mass is 16.5. The maximum Gasteiger partial charge on any atom is 0.233 e. The van der Waals surface area contributed by atoms with Gasteiger partial charge in [-0.3, -0.25) is 9.78 Å². The predicted molar refractivity (Wildman–Crippen MR) is 96.9 cm³/mol. The number of benzene rings is 1. The van der Waals surface area contributed by atoms with E-state index in [2.05, 4.69) is 4.98 Å². The second kappa shape index (κ2) is 7.05.